The van der Waals surface area contributed by atoms with Crippen molar-refractivity contribution in [3.05, 3.63) is 102 Å². The third kappa shape index (κ3) is 2.71. The highest BCUT2D eigenvalue weighted by atomic mass is 16.5. The summed E-state index contributed by atoms with van der Waals surface area (Å²) in [5, 5.41) is 13.3. The fourth-order valence-corrected chi connectivity index (χ4v) is 4.12. The molecular weight excluding hydrogens is 372 g/mol. The van der Waals surface area contributed by atoms with E-state index < -0.39 is 0 Å². The fraction of sp³-hybridized carbons (Fsp3) is 0.0400. The molecule has 0 bridgehead atoms. The lowest BCUT2D eigenvalue weighted by atomic mass is 9.97. The first kappa shape index (κ1) is 16.8. The van der Waals surface area contributed by atoms with E-state index in [0.29, 0.717) is 0 Å². The van der Waals surface area contributed by atoms with E-state index in [1.807, 2.05) is 60.9 Å². The molecule has 1 unspecified atom stereocenters. The molecule has 30 heavy (non-hydrogen) atoms. The van der Waals surface area contributed by atoms with Gasteiger partial charge in [-0.05, 0) is 35.9 Å². The molecule has 3 heterocycles. The van der Waals surface area contributed by atoms with Crippen LogP contribution in [0.1, 0.15) is 17.2 Å². The second kappa shape index (κ2) is 6.74. The topological polar surface area (TPSA) is 62.8 Å². The monoisotopic (exact) mass is 390 g/mol. The van der Waals surface area contributed by atoms with Crippen LogP contribution in [0.5, 0.6) is 11.5 Å². The maximum absolute atomic E-state index is 5.96. The summed E-state index contributed by atoms with van der Waals surface area (Å²) in [6.07, 6.45) is 3.88. The van der Waals surface area contributed by atoms with Crippen molar-refractivity contribution in [3.63, 3.8) is 0 Å². The number of anilines is 1. The maximum Gasteiger partial charge on any atom is 0.160 e. The van der Waals surface area contributed by atoms with Gasteiger partial charge in [-0.15, -0.1) is 5.10 Å². The molecule has 0 aliphatic carbocycles. The van der Waals surface area contributed by atoms with Crippen LogP contribution >= 0.6 is 0 Å². The average molecular weight is 390 g/mol. The van der Waals surface area contributed by atoms with Crippen LogP contribution in [0.25, 0.3) is 22.2 Å². The summed E-state index contributed by atoms with van der Waals surface area (Å²) >= 11 is 0. The van der Waals surface area contributed by atoms with Crippen molar-refractivity contribution in [2.45, 2.75) is 6.04 Å². The van der Waals surface area contributed by atoms with Crippen molar-refractivity contribution in [1.82, 2.24) is 15.2 Å². The summed E-state index contributed by atoms with van der Waals surface area (Å²) in [5.74, 6) is 1.64. The minimum Gasteiger partial charge on any atom is -0.457 e. The zero-order valence-corrected chi connectivity index (χ0v) is 16.0. The van der Waals surface area contributed by atoms with Crippen molar-refractivity contribution < 1.29 is 4.74 Å². The van der Waals surface area contributed by atoms with E-state index in [1.165, 1.54) is 0 Å². The van der Waals surface area contributed by atoms with Crippen LogP contribution in [0.3, 0.4) is 0 Å². The highest BCUT2D eigenvalue weighted by molar-refractivity contribution is 6.00. The second-order valence-corrected chi connectivity index (χ2v) is 7.33. The first-order valence-corrected chi connectivity index (χ1v) is 9.88. The summed E-state index contributed by atoms with van der Waals surface area (Å²) in [4.78, 5) is 3.28. The van der Waals surface area contributed by atoms with Gasteiger partial charge in [0.1, 0.15) is 11.5 Å². The first-order valence-electron chi connectivity index (χ1n) is 9.88. The normalized spacial score (nSPS) is 14.6. The molecule has 1 aliphatic rings. The van der Waals surface area contributed by atoms with Crippen molar-refractivity contribution in [2.24, 2.45) is 0 Å². The van der Waals surface area contributed by atoms with Gasteiger partial charge in [0.25, 0.3) is 0 Å². The summed E-state index contributed by atoms with van der Waals surface area (Å²) in [6, 6.07) is 26.4. The largest absolute Gasteiger partial charge is 0.457 e. The van der Waals surface area contributed by atoms with Gasteiger partial charge in [-0.1, -0.05) is 48.5 Å². The quantitative estimate of drug-likeness (QED) is 0.401. The van der Waals surface area contributed by atoms with E-state index >= 15 is 0 Å². The molecule has 6 rings (SSSR count). The van der Waals surface area contributed by atoms with Crippen molar-refractivity contribution in [2.75, 3.05) is 5.32 Å². The van der Waals surface area contributed by atoms with E-state index in [0.717, 1.165) is 50.5 Å². The zero-order valence-electron chi connectivity index (χ0n) is 16.0. The maximum atomic E-state index is 5.96. The van der Waals surface area contributed by atoms with Crippen LogP contribution in [0, 0.1) is 0 Å². The van der Waals surface area contributed by atoms with E-state index in [4.69, 9.17) is 4.74 Å². The van der Waals surface area contributed by atoms with Gasteiger partial charge in [-0.3, -0.25) is 0 Å². The Balaban J connectivity index is 1.44. The molecule has 5 nitrogen and oxygen atoms in total. The minimum absolute atomic E-state index is 0.0175. The molecule has 5 heteroatoms. The molecule has 2 aromatic heterocycles. The Morgan fingerprint density at radius 1 is 0.767 bits per heavy atom. The number of fused-ring (bicyclic) bond motifs is 2. The molecule has 0 spiro atoms. The van der Waals surface area contributed by atoms with Gasteiger partial charge < -0.3 is 15.0 Å². The number of rotatable bonds is 3. The Morgan fingerprint density at radius 2 is 1.53 bits per heavy atom. The van der Waals surface area contributed by atoms with Crippen LogP contribution in [-0.2, 0) is 0 Å². The lowest BCUT2D eigenvalue weighted by Crippen LogP contribution is -2.11. The van der Waals surface area contributed by atoms with E-state index in [1.54, 1.807) is 0 Å². The second-order valence-electron chi connectivity index (χ2n) is 7.33. The van der Waals surface area contributed by atoms with Gasteiger partial charge >= 0.3 is 0 Å². The first-order chi connectivity index (χ1) is 14.9. The van der Waals surface area contributed by atoms with Crippen LogP contribution in [0.15, 0.2) is 91.3 Å². The smallest absolute Gasteiger partial charge is 0.160 e. The number of nitrogens with one attached hydrogen (secondary N) is 2. The van der Waals surface area contributed by atoms with Gasteiger partial charge in [-0.25, -0.2) is 0 Å². The molecule has 5 aromatic rings. The Morgan fingerprint density at radius 3 is 2.40 bits per heavy atom. The predicted molar refractivity (Wildman–Crippen MR) is 118 cm³/mol. The van der Waals surface area contributed by atoms with Crippen molar-refractivity contribution in [3.8, 4) is 22.6 Å². The molecule has 0 radical (unpaired) electrons. The summed E-state index contributed by atoms with van der Waals surface area (Å²) in [6.45, 7) is 0. The van der Waals surface area contributed by atoms with Crippen LogP contribution < -0.4 is 10.1 Å². The molecule has 144 valence electrons. The summed E-state index contributed by atoms with van der Waals surface area (Å²) in [5.41, 5.74) is 6.40. The third-order valence-electron chi connectivity index (χ3n) is 5.52. The van der Waals surface area contributed by atoms with E-state index in [2.05, 4.69) is 50.8 Å². The lowest BCUT2D eigenvalue weighted by Gasteiger charge is -2.20. The molecule has 0 fully saturated rings. The molecule has 1 atom stereocenters. The third-order valence-corrected chi connectivity index (χ3v) is 5.52. The van der Waals surface area contributed by atoms with Crippen LogP contribution in [-0.4, -0.2) is 15.2 Å². The highest BCUT2D eigenvalue weighted by Gasteiger charge is 2.26. The van der Waals surface area contributed by atoms with Crippen molar-refractivity contribution >= 4 is 16.7 Å². The van der Waals surface area contributed by atoms with Gasteiger partial charge in [0.05, 0.1) is 12.2 Å². The number of H-pyrrole nitrogens is 1. The van der Waals surface area contributed by atoms with Gasteiger partial charge in [0.2, 0.25) is 0 Å². The molecule has 0 amide bonds. The van der Waals surface area contributed by atoms with Crippen LogP contribution in [0.4, 0.5) is 5.69 Å². The Kier molecular flexibility index (Phi) is 3.77. The lowest BCUT2D eigenvalue weighted by molar-refractivity contribution is 0.482. The van der Waals surface area contributed by atoms with E-state index in [-0.39, 0.29) is 6.04 Å². The summed E-state index contributed by atoms with van der Waals surface area (Å²) in [7, 11) is 0. The van der Waals surface area contributed by atoms with Gasteiger partial charge in [0.15, 0.2) is 5.65 Å². The number of hydrogen-bond donors (Lipinski definition) is 2. The van der Waals surface area contributed by atoms with E-state index in [9.17, 15) is 0 Å². The molecule has 2 N–H and O–H groups in total. The molecule has 3 aromatic carbocycles. The number of para-hydroxylation sites is 2. The van der Waals surface area contributed by atoms with Gasteiger partial charge in [-0.2, -0.15) is 5.10 Å². The van der Waals surface area contributed by atoms with Crippen LogP contribution in [0.2, 0.25) is 0 Å². The Labute approximate surface area is 173 Å². The fourth-order valence-electron chi connectivity index (χ4n) is 4.12. The number of aromatic nitrogens is 3. The number of ether oxygens (including phenoxy) is 1. The SMILES string of the molecule is c1ccc(Oc2ccc(C3Nc4ccccc4-c4cnnc5[nH]cc3c45)cc2)cc1. The summed E-state index contributed by atoms with van der Waals surface area (Å²) < 4.78 is 5.96. The number of nitrogens with zero attached hydrogens (tertiary/aromatic N) is 2. The molecule has 0 saturated heterocycles. The standard InChI is InChI=1S/C25H18N4O/c1-2-6-17(7-3-1)30-18-12-10-16(11-13-18)24-21-14-26-25-23(21)20(15-27-29-25)19-8-4-5-9-22(19)28-24/h1-15,24,28H,(H,26,29). The number of benzene rings is 3. The Hall–Kier alpha value is -4.12. The minimum atomic E-state index is -0.0175. The number of aromatic amines is 1. The Bertz CT molecular complexity index is 1340. The number of hydrogen-bond acceptors (Lipinski definition) is 4. The highest BCUT2D eigenvalue weighted by Crippen LogP contribution is 2.43. The molecule has 0 saturated carbocycles. The van der Waals surface area contributed by atoms with Crippen molar-refractivity contribution in [1.29, 1.82) is 0 Å². The molecular formula is C25H18N4O. The molecule has 1 aliphatic heterocycles. The van der Waals surface area contributed by atoms with Gasteiger partial charge in [0, 0.05) is 34.0 Å². The average Bonchev–Trinajstić information content (AvgIpc) is 3.17. The predicted octanol–water partition coefficient (Wildman–Crippen LogP) is 5.93. The zero-order chi connectivity index (χ0) is 19.9.